The molecule has 0 radical (unpaired) electrons. The molecule has 3 aromatic carbocycles. The van der Waals surface area contributed by atoms with Crippen molar-refractivity contribution in [3.8, 4) is 11.5 Å². The molecule has 0 aliphatic rings. The van der Waals surface area contributed by atoms with Crippen LogP contribution in [0.25, 0.3) is 0 Å². The van der Waals surface area contributed by atoms with Gasteiger partial charge in [-0.05, 0) is 60.4 Å². The predicted octanol–water partition coefficient (Wildman–Crippen LogP) is 6.06. The Bertz CT molecular complexity index is 1140. The van der Waals surface area contributed by atoms with E-state index in [1.165, 1.54) is 0 Å². The molecular weight excluding hydrogens is 500 g/mol. The van der Waals surface area contributed by atoms with Crippen molar-refractivity contribution in [2.75, 3.05) is 20.3 Å². The van der Waals surface area contributed by atoms with Gasteiger partial charge in [0.1, 0.15) is 17.5 Å². The van der Waals surface area contributed by atoms with Crippen LogP contribution in [0.5, 0.6) is 11.5 Å². The van der Waals surface area contributed by atoms with Crippen LogP contribution in [0, 0.1) is 0 Å². The van der Waals surface area contributed by atoms with Crippen molar-refractivity contribution in [2.45, 2.75) is 51.6 Å². The van der Waals surface area contributed by atoms with Gasteiger partial charge < -0.3 is 19.7 Å². The molecule has 0 fully saturated rings. The number of rotatable bonds is 15. The summed E-state index contributed by atoms with van der Waals surface area (Å²) >= 11 is 5.94. The van der Waals surface area contributed by atoms with Gasteiger partial charge in [0, 0.05) is 31.0 Å². The minimum Gasteiger partial charge on any atom is -0.497 e. The second-order valence-electron chi connectivity index (χ2n) is 9.13. The molecular formula is C31H37ClN2O4. The van der Waals surface area contributed by atoms with Crippen molar-refractivity contribution in [2.24, 2.45) is 0 Å². The van der Waals surface area contributed by atoms with Gasteiger partial charge in [-0.3, -0.25) is 9.59 Å². The topological polar surface area (TPSA) is 67.9 Å². The third-order valence-electron chi connectivity index (χ3n) is 6.21. The maximum atomic E-state index is 13.7. The predicted molar refractivity (Wildman–Crippen MR) is 152 cm³/mol. The average molecular weight is 537 g/mol. The van der Waals surface area contributed by atoms with Gasteiger partial charge in [0.15, 0.2) is 0 Å². The molecule has 0 bridgehead atoms. The molecule has 0 aliphatic heterocycles. The summed E-state index contributed by atoms with van der Waals surface area (Å²) in [5, 5.41) is 3.69. The van der Waals surface area contributed by atoms with Gasteiger partial charge in [0.05, 0.1) is 13.7 Å². The molecule has 0 heterocycles. The summed E-state index contributed by atoms with van der Waals surface area (Å²) in [5.41, 5.74) is 1.90. The van der Waals surface area contributed by atoms with Crippen molar-refractivity contribution in [3.05, 3.63) is 95.0 Å². The van der Waals surface area contributed by atoms with E-state index in [0.29, 0.717) is 49.1 Å². The highest BCUT2D eigenvalue weighted by Crippen LogP contribution is 2.20. The summed E-state index contributed by atoms with van der Waals surface area (Å²) in [7, 11) is 1.61. The molecule has 0 saturated carbocycles. The molecule has 0 unspecified atom stereocenters. The monoisotopic (exact) mass is 536 g/mol. The lowest BCUT2D eigenvalue weighted by atomic mass is 10.0. The number of carbonyl (C=O) groups is 2. The second kappa shape index (κ2) is 15.7. The van der Waals surface area contributed by atoms with Gasteiger partial charge >= 0.3 is 0 Å². The Morgan fingerprint density at radius 3 is 2.37 bits per heavy atom. The molecule has 1 atom stereocenters. The van der Waals surface area contributed by atoms with E-state index in [1.807, 2.05) is 54.6 Å². The Morgan fingerprint density at radius 1 is 0.921 bits per heavy atom. The smallest absolute Gasteiger partial charge is 0.243 e. The molecule has 0 spiro atoms. The van der Waals surface area contributed by atoms with E-state index in [2.05, 4.69) is 12.2 Å². The van der Waals surface area contributed by atoms with E-state index in [-0.39, 0.29) is 18.2 Å². The van der Waals surface area contributed by atoms with Gasteiger partial charge in [-0.25, -0.2) is 0 Å². The summed E-state index contributed by atoms with van der Waals surface area (Å²) in [6.45, 7) is 3.34. The highest BCUT2D eigenvalue weighted by atomic mass is 35.5. The van der Waals surface area contributed by atoms with E-state index in [9.17, 15) is 9.59 Å². The average Bonchev–Trinajstić information content (AvgIpc) is 2.94. The number of hydrogen-bond donors (Lipinski definition) is 1. The van der Waals surface area contributed by atoms with Gasteiger partial charge in [-0.1, -0.05) is 67.4 Å². The first-order chi connectivity index (χ1) is 18.5. The molecule has 1 N–H and O–H groups in total. The Labute approximate surface area is 230 Å². The number of carbonyl (C=O) groups excluding carboxylic acids is 2. The molecule has 0 aliphatic carbocycles. The normalized spacial score (nSPS) is 11.4. The van der Waals surface area contributed by atoms with Crippen molar-refractivity contribution in [1.82, 2.24) is 10.2 Å². The van der Waals surface area contributed by atoms with Crippen molar-refractivity contribution in [3.63, 3.8) is 0 Å². The van der Waals surface area contributed by atoms with Crippen LogP contribution in [0.2, 0.25) is 5.02 Å². The number of nitrogens with one attached hydrogen (secondary N) is 1. The van der Waals surface area contributed by atoms with Crippen LogP contribution in [0.4, 0.5) is 0 Å². The van der Waals surface area contributed by atoms with Crippen LogP contribution < -0.4 is 14.8 Å². The number of halogens is 1. The summed E-state index contributed by atoms with van der Waals surface area (Å²) in [6.07, 6.45) is 3.06. The number of nitrogens with zero attached hydrogens (tertiary/aromatic N) is 1. The minimum atomic E-state index is -0.648. The molecule has 6 nitrogen and oxygen atoms in total. The molecule has 38 heavy (non-hydrogen) atoms. The van der Waals surface area contributed by atoms with Crippen LogP contribution in [0.3, 0.4) is 0 Å². The Balaban J connectivity index is 1.79. The lowest BCUT2D eigenvalue weighted by Gasteiger charge is -2.32. The summed E-state index contributed by atoms with van der Waals surface area (Å²) in [5.74, 6) is 1.17. The molecule has 2 amide bonds. The van der Waals surface area contributed by atoms with E-state index in [4.69, 9.17) is 21.1 Å². The summed E-state index contributed by atoms with van der Waals surface area (Å²) in [4.78, 5) is 28.8. The fraction of sp³-hybridized carbons (Fsp3) is 0.355. The quantitative estimate of drug-likeness (QED) is 0.240. The molecule has 3 rings (SSSR count). The van der Waals surface area contributed by atoms with Gasteiger partial charge in [0.25, 0.3) is 0 Å². The molecule has 0 saturated heterocycles. The Morgan fingerprint density at radius 2 is 1.66 bits per heavy atom. The van der Waals surface area contributed by atoms with Crippen molar-refractivity contribution in [1.29, 1.82) is 0 Å². The number of methoxy groups -OCH3 is 1. The fourth-order valence-electron chi connectivity index (χ4n) is 4.12. The highest BCUT2D eigenvalue weighted by Gasteiger charge is 2.30. The fourth-order valence-corrected chi connectivity index (χ4v) is 4.24. The maximum Gasteiger partial charge on any atom is 0.243 e. The van der Waals surface area contributed by atoms with E-state index >= 15 is 0 Å². The largest absolute Gasteiger partial charge is 0.497 e. The maximum absolute atomic E-state index is 13.7. The number of amides is 2. The zero-order valence-electron chi connectivity index (χ0n) is 22.2. The van der Waals surface area contributed by atoms with Crippen molar-refractivity contribution >= 4 is 23.4 Å². The van der Waals surface area contributed by atoms with E-state index < -0.39 is 6.04 Å². The zero-order chi connectivity index (χ0) is 27.2. The van der Waals surface area contributed by atoms with Crippen LogP contribution in [0.15, 0.2) is 78.9 Å². The molecule has 0 aromatic heterocycles. The Hall–Kier alpha value is -3.51. The van der Waals surface area contributed by atoms with Crippen LogP contribution >= 0.6 is 11.6 Å². The van der Waals surface area contributed by atoms with Gasteiger partial charge in [0.2, 0.25) is 11.8 Å². The summed E-state index contributed by atoms with van der Waals surface area (Å²) in [6, 6.07) is 23.9. The first-order valence-corrected chi connectivity index (χ1v) is 13.5. The third-order valence-corrected chi connectivity index (χ3v) is 6.46. The van der Waals surface area contributed by atoms with Crippen LogP contribution in [0.1, 0.15) is 43.7 Å². The SMILES string of the molecule is CCCCNC(=O)[C@H](Cc1ccccc1)N(Cc1cccc(OC)c1)C(=O)CCCOc1ccc(Cl)cc1. The van der Waals surface area contributed by atoms with Crippen LogP contribution in [-0.4, -0.2) is 43.0 Å². The lowest BCUT2D eigenvalue weighted by Crippen LogP contribution is -2.50. The Kier molecular flexibility index (Phi) is 12.0. The standard InChI is InChI=1S/C31H37ClN2O4/c1-3-4-19-33-31(36)29(22-24-10-6-5-7-11-24)34(23-25-12-8-13-28(21-25)37-2)30(35)14-9-20-38-27-17-15-26(32)16-18-27/h5-8,10-13,15-18,21,29H,3-4,9,14,19-20,22-23H2,1-2H3,(H,33,36)/t29-/m0/s1. The van der Waals surface area contributed by atoms with E-state index in [1.54, 1.807) is 36.3 Å². The minimum absolute atomic E-state index is 0.0981. The number of ether oxygens (including phenoxy) is 2. The zero-order valence-corrected chi connectivity index (χ0v) is 23.0. The number of benzene rings is 3. The van der Waals surface area contributed by atoms with Crippen LogP contribution in [-0.2, 0) is 22.6 Å². The molecule has 3 aromatic rings. The third kappa shape index (κ3) is 9.42. The lowest BCUT2D eigenvalue weighted by molar-refractivity contribution is -0.141. The van der Waals surface area contributed by atoms with Gasteiger partial charge in [-0.15, -0.1) is 0 Å². The first-order valence-electron chi connectivity index (χ1n) is 13.1. The second-order valence-corrected chi connectivity index (χ2v) is 9.57. The first kappa shape index (κ1) is 29.1. The molecule has 202 valence electrons. The number of hydrogen-bond acceptors (Lipinski definition) is 4. The van der Waals surface area contributed by atoms with E-state index in [0.717, 1.165) is 24.0 Å². The van der Waals surface area contributed by atoms with Crippen molar-refractivity contribution < 1.29 is 19.1 Å². The molecule has 7 heteroatoms. The van der Waals surface area contributed by atoms with Gasteiger partial charge in [-0.2, -0.15) is 0 Å². The number of unbranched alkanes of at least 4 members (excludes halogenated alkanes) is 1. The highest BCUT2D eigenvalue weighted by molar-refractivity contribution is 6.30. The summed E-state index contributed by atoms with van der Waals surface area (Å²) < 4.78 is 11.2.